The van der Waals surface area contributed by atoms with E-state index in [1.54, 1.807) is 4.90 Å². The van der Waals surface area contributed by atoms with Crippen LogP contribution in [0.4, 0.5) is 0 Å². The number of aliphatic carboxylic acids is 1. The minimum Gasteiger partial charge on any atom is -0.479 e. The predicted octanol–water partition coefficient (Wildman–Crippen LogP) is 0.382. The highest BCUT2D eigenvalue weighted by atomic mass is 16.5. The molecule has 1 amide bonds. The number of carbonyl (C=O) groups excluding carboxylic acids is 1. The van der Waals surface area contributed by atoms with Crippen LogP contribution in [0.25, 0.3) is 0 Å². The molecule has 2 N–H and O–H groups in total. The van der Waals surface area contributed by atoms with Crippen molar-refractivity contribution in [1.29, 1.82) is 0 Å². The largest absolute Gasteiger partial charge is 0.479 e. The summed E-state index contributed by atoms with van der Waals surface area (Å²) in [6, 6.07) is 0.0683. The van der Waals surface area contributed by atoms with E-state index < -0.39 is 18.2 Å². The van der Waals surface area contributed by atoms with Crippen LogP contribution in [0.5, 0.6) is 0 Å². The Morgan fingerprint density at radius 3 is 2.53 bits per heavy atom. The van der Waals surface area contributed by atoms with Crippen LogP contribution in [0.15, 0.2) is 0 Å². The maximum Gasteiger partial charge on any atom is 0.332 e. The zero-order valence-corrected chi connectivity index (χ0v) is 11.0. The summed E-state index contributed by atoms with van der Waals surface area (Å²) in [6.45, 7) is 0.749. The van der Waals surface area contributed by atoms with Crippen molar-refractivity contribution in [3.05, 3.63) is 0 Å². The molecule has 3 atom stereocenters. The van der Waals surface area contributed by atoms with Gasteiger partial charge in [-0.25, -0.2) is 4.79 Å². The number of ether oxygens (including phenoxy) is 1. The van der Waals surface area contributed by atoms with Crippen LogP contribution < -0.4 is 0 Å². The fraction of sp³-hybridized carbons (Fsp3) is 0.846. The van der Waals surface area contributed by atoms with Crippen molar-refractivity contribution in [1.82, 2.24) is 4.90 Å². The van der Waals surface area contributed by atoms with E-state index in [9.17, 15) is 9.59 Å². The van der Waals surface area contributed by atoms with Crippen LogP contribution in [0, 0.1) is 0 Å². The molecule has 6 heteroatoms. The highest BCUT2D eigenvalue weighted by Gasteiger charge is 2.38. The number of aliphatic hydroxyl groups excluding tert-OH is 1. The molecule has 6 nitrogen and oxygen atoms in total. The average molecular weight is 271 g/mol. The molecule has 0 aromatic heterocycles. The summed E-state index contributed by atoms with van der Waals surface area (Å²) >= 11 is 0. The molecule has 0 aromatic rings. The van der Waals surface area contributed by atoms with Crippen molar-refractivity contribution in [3.8, 4) is 0 Å². The Morgan fingerprint density at radius 2 is 1.89 bits per heavy atom. The van der Waals surface area contributed by atoms with Crippen LogP contribution in [-0.4, -0.2) is 58.4 Å². The van der Waals surface area contributed by atoms with Gasteiger partial charge in [0.15, 0.2) is 6.10 Å². The molecule has 2 fully saturated rings. The summed E-state index contributed by atoms with van der Waals surface area (Å²) < 4.78 is 5.31. The first-order chi connectivity index (χ1) is 9.13. The van der Waals surface area contributed by atoms with Crippen LogP contribution in [0.2, 0.25) is 0 Å². The molecule has 2 aliphatic heterocycles. The second-order valence-electron chi connectivity index (χ2n) is 5.22. The second-order valence-corrected chi connectivity index (χ2v) is 5.22. The lowest BCUT2D eigenvalue weighted by Crippen LogP contribution is -2.48. The summed E-state index contributed by atoms with van der Waals surface area (Å²) in [5.41, 5.74) is 0. The molecule has 108 valence electrons. The number of nitrogens with zero attached hydrogens (tertiary/aromatic N) is 1. The normalized spacial score (nSPS) is 31.4. The Balaban J connectivity index is 1.96. The third-order valence-corrected chi connectivity index (χ3v) is 3.94. The van der Waals surface area contributed by atoms with Crippen molar-refractivity contribution < 1.29 is 24.5 Å². The number of piperidine rings is 1. The Morgan fingerprint density at radius 1 is 1.16 bits per heavy atom. The van der Waals surface area contributed by atoms with Crippen LogP contribution in [0.3, 0.4) is 0 Å². The van der Waals surface area contributed by atoms with Gasteiger partial charge in [-0.15, -0.1) is 0 Å². The van der Waals surface area contributed by atoms with Crippen molar-refractivity contribution in [2.24, 2.45) is 0 Å². The Bertz CT molecular complexity index is 344. The molecule has 2 heterocycles. The molecule has 19 heavy (non-hydrogen) atoms. The maximum atomic E-state index is 12.4. The lowest BCUT2D eigenvalue weighted by atomic mass is 9.98. The summed E-state index contributed by atoms with van der Waals surface area (Å²) in [5, 5.41) is 17.9. The number of amides is 1. The van der Waals surface area contributed by atoms with E-state index in [1.807, 2.05) is 0 Å². The Labute approximate surface area is 112 Å². The quantitative estimate of drug-likeness (QED) is 0.772. The molecular weight excluding hydrogens is 250 g/mol. The lowest BCUT2D eigenvalue weighted by molar-refractivity contribution is -0.156. The average Bonchev–Trinajstić information content (AvgIpc) is 2.89. The number of aliphatic hydroxyl groups is 1. The first-order valence-electron chi connectivity index (χ1n) is 6.93. The molecule has 0 bridgehead atoms. The summed E-state index contributed by atoms with van der Waals surface area (Å²) in [6.07, 6.45) is 2.90. The van der Waals surface area contributed by atoms with Crippen LogP contribution in [0.1, 0.15) is 38.5 Å². The molecule has 1 unspecified atom stereocenters. The molecule has 0 saturated carbocycles. The first kappa shape index (κ1) is 14.3. The molecule has 2 rings (SSSR count). The fourth-order valence-corrected chi connectivity index (χ4v) is 2.93. The molecule has 0 aliphatic carbocycles. The van der Waals surface area contributed by atoms with Gasteiger partial charge in [0, 0.05) is 19.2 Å². The highest BCUT2D eigenvalue weighted by Crippen LogP contribution is 2.26. The van der Waals surface area contributed by atoms with Gasteiger partial charge in [0.25, 0.3) is 5.91 Å². The van der Waals surface area contributed by atoms with Crippen molar-refractivity contribution in [3.63, 3.8) is 0 Å². The smallest absolute Gasteiger partial charge is 0.332 e. The molecular formula is C13H21NO5. The van der Waals surface area contributed by atoms with Gasteiger partial charge in [-0.3, -0.25) is 4.79 Å². The van der Waals surface area contributed by atoms with Crippen molar-refractivity contribution in [2.45, 2.75) is 56.8 Å². The van der Waals surface area contributed by atoms with Gasteiger partial charge in [0.05, 0.1) is 0 Å². The monoisotopic (exact) mass is 271 g/mol. The molecule has 2 aliphatic rings. The molecule has 0 radical (unpaired) electrons. The number of hydrogen-bond acceptors (Lipinski definition) is 4. The summed E-state index contributed by atoms with van der Waals surface area (Å²) in [7, 11) is 0. The highest BCUT2D eigenvalue weighted by molar-refractivity contribution is 5.83. The fourth-order valence-electron chi connectivity index (χ4n) is 2.93. The van der Waals surface area contributed by atoms with E-state index in [-0.39, 0.29) is 18.6 Å². The van der Waals surface area contributed by atoms with E-state index in [0.29, 0.717) is 25.8 Å². The van der Waals surface area contributed by atoms with E-state index >= 15 is 0 Å². The number of hydrogen-bond donors (Lipinski definition) is 2. The van der Waals surface area contributed by atoms with Crippen LogP contribution >= 0.6 is 0 Å². The van der Waals surface area contributed by atoms with Gasteiger partial charge in [0.1, 0.15) is 6.10 Å². The number of carboxylic acids is 1. The van der Waals surface area contributed by atoms with Crippen molar-refractivity contribution in [2.75, 3.05) is 13.2 Å². The number of carbonyl (C=O) groups is 2. The standard InChI is InChI=1S/C13H21NO5/c15-8-6-9-3-1-2-7-14(9)12(16)10-4-5-11(19-10)13(17)18/h9-11,15H,1-8H2,(H,17,18)/t9?,10-,11+/m0/s1. The van der Waals surface area contributed by atoms with Gasteiger partial charge < -0.3 is 19.8 Å². The SMILES string of the molecule is O=C(O)[C@H]1CC[C@@H](C(=O)N2CCCCC2CCO)O1. The third-order valence-electron chi connectivity index (χ3n) is 3.94. The van der Waals surface area contributed by atoms with Gasteiger partial charge in [0.2, 0.25) is 0 Å². The Hall–Kier alpha value is -1.14. The predicted molar refractivity (Wildman–Crippen MR) is 66.6 cm³/mol. The Kier molecular flexibility index (Phi) is 4.76. The van der Waals surface area contributed by atoms with Crippen LogP contribution in [-0.2, 0) is 14.3 Å². The van der Waals surface area contributed by atoms with Gasteiger partial charge in [-0.05, 0) is 38.5 Å². The van der Waals surface area contributed by atoms with Gasteiger partial charge >= 0.3 is 5.97 Å². The van der Waals surface area contributed by atoms with E-state index in [4.69, 9.17) is 14.9 Å². The third kappa shape index (κ3) is 3.25. The molecule has 2 saturated heterocycles. The minimum atomic E-state index is -0.999. The van der Waals surface area contributed by atoms with E-state index in [0.717, 1.165) is 19.3 Å². The first-order valence-corrected chi connectivity index (χ1v) is 6.93. The summed E-state index contributed by atoms with van der Waals surface area (Å²) in [5.74, 6) is -1.11. The minimum absolute atomic E-state index is 0.0672. The van der Waals surface area contributed by atoms with Crippen molar-refractivity contribution >= 4 is 11.9 Å². The topological polar surface area (TPSA) is 87.1 Å². The molecule has 0 spiro atoms. The number of rotatable bonds is 4. The second kappa shape index (κ2) is 6.34. The molecule has 0 aromatic carbocycles. The number of carboxylic acid groups (broad SMARTS) is 1. The summed E-state index contributed by atoms with van der Waals surface area (Å²) in [4.78, 5) is 25.0. The number of likely N-dealkylation sites (tertiary alicyclic amines) is 1. The van der Waals surface area contributed by atoms with Gasteiger partial charge in [-0.1, -0.05) is 0 Å². The maximum absolute atomic E-state index is 12.4. The van der Waals surface area contributed by atoms with Gasteiger partial charge in [-0.2, -0.15) is 0 Å². The zero-order chi connectivity index (χ0) is 13.8. The zero-order valence-electron chi connectivity index (χ0n) is 11.0. The van der Waals surface area contributed by atoms with E-state index in [2.05, 4.69) is 0 Å². The lowest BCUT2D eigenvalue weighted by Gasteiger charge is -2.37. The van der Waals surface area contributed by atoms with E-state index in [1.165, 1.54) is 0 Å².